The van der Waals surface area contributed by atoms with Gasteiger partial charge in [-0.1, -0.05) is 12.1 Å². The molecule has 0 saturated carbocycles. The Morgan fingerprint density at radius 3 is 2.71 bits per heavy atom. The second kappa shape index (κ2) is 4.89. The van der Waals surface area contributed by atoms with Crippen LogP contribution in [-0.4, -0.2) is 9.97 Å². The molecule has 0 atom stereocenters. The Labute approximate surface area is 118 Å². The molecule has 0 saturated heterocycles. The predicted octanol–water partition coefficient (Wildman–Crippen LogP) is 3.71. The summed E-state index contributed by atoms with van der Waals surface area (Å²) < 4.78 is 39.0. The van der Waals surface area contributed by atoms with Crippen LogP contribution in [0.15, 0.2) is 42.7 Å². The van der Waals surface area contributed by atoms with Crippen LogP contribution in [0.5, 0.6) is 0 Å². The SMILES string of the molecule is NCc1ccnc(-c2c[nH]c3c(C(F)(F)F)cccc23)c1. The summed E-state index contributed by atoms with van der Waals surface area (Å²) in [6.45, 7) is 0.353. The quantitative estimate of drug-likeness (QED) is 0.756. The van der Waals surface area contributed by atoms with Gasteiger partial charge in [-0.3, -0.25) is 4.98 Å². The van der Waals surface area contributed by atoms with E-state index in [1.165, 1.54) is 6.07 Å². The lowest BCUT2D eigenvalue weighted by atomic mass is 10.1. The van der Waals surface area contributed by atoms with E-state index < -0.39 is 11.7 Å². The Hall–Kier alpha value is -2.34. The molecule has 0 radical (unpaired) electrons. The van der Waals surface area contributed by atoms with Crippen molar-refractivity contribution < 1.29 is 13.2 Å². The van der Waals surface area contributed by atoms with Gasteiger partial charge in [-0.25, -0.2) is 0 Å². The summed E-state index contributed by atoms with van der Waals surface area (Å²) in [7, 11) is 0. The number of aromatic nitrogens is 2. The molecule has 3 aromatic rings. The summed E-state index contributed by atoms with van der Waals surface area (Å²) in [5.41, 5.74) is 7.08. The van der Waals surface area contributed by atoms with Crippen molar-refractivity contribution in [1.82, 2.24) is 9.97 Å². The van der Waals surface area contributed by atoms with Crippen molar-refractivity contribution in [3.63, 3.8) is 0 Å². The van der Waals surface area contributed by atoms with Crippen molar-refractivity contribution in [1.29, 1.82) is 0 Å². The maximum Gasteiger partial charge on any atom is 0.418 e. The second-order valence-electron chi connectivity index (χ2n) is 4.68. The highest BCUT2D eigenvalue weighted by Gasteiger charge is 2.33. The molecule has 0 unspecified atom stereocenters. The maximum atomic E-state index is 13.0. The van der Waals surface area contributed by atoms with Gasteiger partial charge in [0, 0.05) is 29.9 Å². The summed E-state index contributed by atoms with van der Waals surface area (Å²) in [5.74, 6) is 0. The van der Waals surface area contributed by atoms with E-state index >= 15 is 0 Å². The lowest BCUT2D eigenvalue weighted by molar-refractivity contribution is -0.136. The van der Waals surface area contributed by atoms with Crippen LogP contribution in [0, 0.1) is 0 Å². The molecule has 3 nitrogen and oxygen atoms in total. The van der Waals surface area contributed by atoms with Gasteiger partial charge in [0.2, 0.25) is 0 Å². The van der Waals surface area contributed by atoms with E-state index in [2.05, 4.69) is 9.97 Å². The zero-order chi connectivity index (χ0) is 15.0. The third-order valence-corrected chi connectivity index (χ3v) is 3.36. The van der Waals surface area contributed by atoms with Crippen molar-refractivity contribution in [2.24, 2.45) is 5.73 Å². The fourth-order valence-corrected chi connectivity index (χ4v) is 2.35. The average Bonchev–Trinajstić information content (AvgIpc) is 2.90. The number of halogens is 3. The normalized spacial score (nSPS) is 12.0. The van der Waals surface area contributed by atoms with Crippen LogP contribution in [0.2, 0.25) is 0 Å². The molecule has 0 fully saturated rings. The van der Waals surface area contributed by atoms with Gasteiger partial charge >= 0.3 is 6.18 Å². The van der Waals surface area contributed by atoms with Gasteiger partial charge in [0.1, 0.15) is 0 Å². The Bertz CT molecular complexity index is 790. The molecule has 108 valence electrons. The number of hydrogen-bond donors (Lipinski definition) is 2. The summed E-state index contributed by atoms with van der Waals surface area (Å²) >= 11 is 0. The summed E-state index contributed by atoms with van der Waals surface area (Å²) in [6.07, 6.45) is -1.25. The lowest BCUT2D eigenvalue weighted by Crippen LogP contribution is -2.05. The molecule has 3 rings (SSSR count). The smallest absolute Gasteiger partial charge is 0.360 e. The zero-order valence-electron chi connectivity index (χ0n) is 10.9. The van der Waals surface area contributed by atoms with E-state index in [0.717, 1.165) is 11.6 Å². The Balaban J connectivity index is 2.21. The van der Waals surface area contributed by atoms with Crippen LogP contribution in [0.25, 0.3) is 22.2 Å². The van der Waals surface area contributed by atoms with E-state index in [0.29, 0.717) is 23.2 Å². The first-order valence-corrected chi connectivity index (χ1v) is 6.33. The second-order valence-corrected chi connectivity index (χ2v) is 4.68. The van der Waals surface area contributed by atoms with Gasteiger partial charge in [-0.2, -0.15) is 13.2 Å². The number of benzene rings is 1. The molecule has 3 N–H and O–H groups in total. The van der Waals surface area contributed by atoms with Gasteiger partial charge in [-0.15, -0.1) is 0 Å². The molecule has 0 bridgehead atoms. The van der Waals surface area contributed by atoms with E-state index in [1.807, 2.05) is 0 Å². The number of H-pyrrole nitrogens is 1. The highest BCUT2D eigenvalue weighted by atomic mass is 19.4. The molecular weight excluding hydrogens is 279 g/mol. The van der Waals surface area contributed by atoms with Crippen LogP contribution < -0.4 is 5.73 Å². The van der Waals surface area contributed by atoms with Crippen molar-refractivity contribution in [2.45, 2.75) is 12.7 Å². The van der Waals surface area contributed by atoms with Crippen molar-refractivity contribution in [3.8, 4) is 11.3 Å². The van der Waals surface area contributed by atoms with Crippen LogP contribution in [0.1, 0.15) is 11.1 Å². The highest BCUT2D eigenvalue weighted by Crippen LogP contribution is 2.37. The van der Waals surface area contributed by atoms with E-state index in [9.17, 15) is 13.2 Å². The number of fused-ring (bicyclic) bond motifs is 1. The van der Waals surface area contributed by atoms with Crippen LogP contribution in [-0.2, 0) is 12.7 Å². The Morgan fingerprint density at radius 2 is 2.00 bits per heavy atom. The molecule has 2 heterocycles. The number of nitrogens with one attached hydrogen (secondary N) is 1. The number of alkyl halides is 3. The topological polar surface area (TPSA) is 54.7 Å². The lowest BCUT2D eigenvalue weighted by Gasteiger charge is -2.08. The molecular formula is C15H12F3N3. The molecule has 0 amide bonds. The molecule has 0 aliphatic carbocycles. The third-order valence-electron chi connectivity index (χ3n) is 3.36. The molecule has 21 heavy (non-hydrogen) atoms. The van der Waals surface area contributed by atoms with E-state index in [4.69, 9.17) is 5.73 Å². The van der Waals surface area contributed by atoms with Crippen LogP contribution in [0.3, 0.4) is 0 Å². The van der Waals surface area contributed by atoms with Crippen LogP contribution >= 0.6 is 0 Å². The van der Waals surface area contributed by atoms with Gasteiger partial charge in [0.15, 0.2) is 0 Å². The monoisotopic (exact) mass is 291 g/mol. The minimum atomic E-state index is -4.39. The summed E-state index contributed by atoms with van der Waals surface area (Å²) in [4.78, 5) is 6.92. The van der Waals surface area contributed by atoms with Gasteiger partial charge < -0.3 is 10.7 Å². The van der Waals surface area contributed by atoms with E-state index in [1.54, 1.807) is 30.6 Å². The van der Waals surface area contributed by atoms with Gasteiger partial charge in [0.25, 0.3) is 0 Å². The van der Waals surface area contributed by atoms with Crippen molar-refractivity contribution in [3.05, 3.63) is 53.9 Å². The zero-order valence-corrected chi connectivity index (χ0v) is 10.9. The minimum absolute atomic E-state index is 0.0694. The van der Waals surface area contributed by atoms with Gasteiger partial charge in [0.05, 0.1) is 16.8 Å². The molecule has 1 aromatic carbocycles. The number of pyridine rings is 1. The molecule has 2 aromatic heterocycles. The molecule has 0 aliphatic heterocycles. The third kappa shape index (κ3) is 2.38. The predicted molar refractivity (Wildman–Crippen MR) is 74.4 cm³/mol. The Morgan fingerprint density at radius 1 is 1.19 bits per heavy atom. The first kappa shape index (κ1) is 13.6. The number of nitrogens with two attached hydrogens (primary N) is 1. The average molecular weight is 291 g/mol. The number of rotatable bonds is 2. The standard InChI is InChI=1S/C15H12F3N3/c16-15(17,18)12-3-1-2-10-11(8-21-14(10)12)13-6-9(7-19)4-5-20-13/h1-6,8,21H,7,19H2. The first-order chi connectivity index (χ1) is 10.0. The number of para-hydroxylation sites is 1. The maximum absolute atomic E-state index is 13.0. The molecule has 6 heteroatoms. The summed E-state index contributed by atoms with van der Waals surface area (Å²) in [6, 6.07) is 7.66. The highest BCUT2D eigenvalue weighted by molar-refractivity contribution is 5.96. The fraction of sp³-hybridized carbons (Fsp3) is 0.133. The van der Waals surface area contributed by atoms with Crippen LogP contribution in [0.4, 0.5) is 13.2 Å². The fourth-order valence-electron chi connectivity index (χ4n) is 2.35. The van der Waals surface area contributed by atoms with Crippen molar-refractivity contribution in [2.75, 3.05) is 0 Å². The minimum Gasteiger partial charge on any atom is -0.360 e. The molecule has 0 spiro atoms. The number of hydrogen-bond acceptors (Lipinski definition) is 2. The number of aromatic amines is 1. The largest absolute Gasteiger partial charge is 0.418 e. The number of nitrogens with zero attached hydrogens (tertiary/aromatic N) is 1. The summed E-state index contributed by atoms with van der Waals surface area (Å²) in [5, 5.41) is 0.492. The Kier molecular flexibility index (Phi) is 3.17. The van der Waals surface area contributed by atoms with E-state index in [-0.39, 0.29) is 5.52 Å². The van der Waals surface area contributed by atoms with Gasteiger partial charge in [-0.05, 0) is 23.8 Å². The molecule has 0 aliphatic rings. The van der Waals surface area contributed by atoms with Crippen molar-refractivity contribution >= 4 is 10.9 Å². The first-order valence-electron chi connectivity index (χ1n) is 6.33.